The van der Waals surface area contributed by atoms with Crippen molar-refractivity contribution in [1.82, 2.24) is 0 Å². The molecule has 0 saturated heterocycles. The van der Waals surface area contributed by atoms with Gasteiger partial charge in [0.25, 0.3) is 0 Å². The first-order chi connectivity index (χ1) is 13.3. The van der Waals surface area contributed by atoms with Crippen LogP contribution in [0.1, 0.15) is 105 Å². The van der Waals surface area contributed by atoms with Gasteiger partial charge in [0.1, 0.15) is 0 Å². The lowest BCUT2D eigenvalue weighted by molar-refractivity contribution is -0.126. The second-order valence-corrected chi connectivity index (χ2v) is 12.1. The second-order valence-electron chi connectivity index (χ2n) is 12.1. The zero-order valence-electron chi connectivity index (χ0n) is 19.3. The quantitative estimate of drug-likeness (QED) is 0.488. The highest BCUT2D eigenvalue weighted by Crippen LogP contribution is 2.67. The van der Waals surface area contributed by atoms with Gasteiger partial charge in [-0.05, 0) is 91.3 Å². The third kappa shape index (κ3) is 3.32. The number of fused-ring (bicyclic) bond motifs is 5. The van der Waals surface area contributed by atoms with Crippen LogP contribution in [0.15, 0.2) is 11.6 Å². The zero-order chi connectivity index (χ0) is 20.1. The van der Waals surface area contributed by atoms with E-state index in [2.05, 4.69) is 40.7 Å². The number of hydrogen-bond acceptors (Lipinski definition) is 1. The predicted octanol–water partition coefficient (Wildman–Crippen LogP) is 7.39. The van der Waals surface area contributed by atoms with Gasteiger partial charge in [-0.3, -0.25) is 0 Å². The first-order valence-electron chi connectivity index (χ1n) is 12.6. The molecular weight excluding hydrogens is 340 g/mol. The molecule has 1 N–H and O–H groups in total. The standard InChI is InChI=1S/C27H46O/c1-18(2)9-8-10-19(3)22-14-15-23-21-13-12-20-11-6-7-16-26(20,4)25(21)24(28)17-27(22,23)5/h12,18-19,21-25,28H,6-11,13-17H2,1-5H3/t19?,21-,22+,23-,24-,25+,26-,27+/m0/s1. The van der Waals surface area contributed by atoms with Gasteiger partial charge in [0.05, 0.1) is 6.10 Å². The predicted molar refractivity (Wildman–Crippen MR) is 119 cm³/mol. The van der Waals surface area contributed by atoms with E-state index in [1.807, 2.05) is 0 Å². The van der Waals surface area contributed by atoms with Gasteiger partial charge in [-0.2, -0.15) is 0 Å². The van der Waals surface area contributed by atoms with Crippen molar-refractivity contribution in [2.75, 3.05) is 0 Å². The Kier molecular flexibility index (Phi) is 5.80. The van der Waals surface area contributed by atoms with Gasteiger partial charge in [0, 0.05) is 0 Å². The van der Waals surface area contributed by atoms with E-state index in [-0.39, 0.29) is 6.10 Å². The average molecular weight is 387 g/mol. The van der Waals surface area contributed by atoms with Crippen LogP contribution in [0.25, 0.3) is 0 Å². The van der Waals surface area contributed by atoms with E-state index in [9.17, 15) is 5.11 Å². The molecule has 0 radical (unpaired) electrons. The average Bonchev–Trinajstić information content (AvgIpc) is 2.97. The first-order valence-corrected chi connectivity index (χ1v) is 12.6. The van der Waals surface area contributed by atoms with Crippen LogP contribution in [0.3, 0.4) is 0 Å². The molecule has 0 spiro atoms. The molecule has 0 amide bonds. The molecule has 0 bridgehead atoms. The smallest absolute Gasteiger partial charge is 0.0585 e. The molecule has 4 aliphatic carbocycles. The minimum Gasteiger partial charge on any atom is -0.393 e. The third-order valence-corrected chi connectivity index (χ3v) is 10.2. The van der Waals surface area contributed by atoms with Gasteiger partial charge in [-0.15, -0.1) is 0 Å². The number of allylic oxidation sites excluding steroid dienone is 2. The normalized spacial score (nSPS) is 46.5. The van der Waals surface area contributed by atoms with Crippen molar-refractivity contribution in [3.05, 3.63) is 11.6 Å². The maximum absolute atomic E-state index is 11.5. The van der Waals surface area contributed by atoms with E-state index >= 15 is 0 Å². The monoisotopic (exact) mass is 386 g/mol. The van der Waals surface area contributed by atoms with Crippen LogP contribution in [0, 0.1) is 46.3 Å². The van der Waals surface area contributed by atoms with E-state index in [4.69, 9.17) is 0 Å². The summed E-state index contributed by atoms with van der Waals surface area (Å²) in [4.78, 5) is 0. The van der Waals surface area contributed by atoms with Gasteiger partial charge in [-0.1, -0.05) is 72.0 Å². The summed E-state index contributed by atoms with van der Waals surface area (Å²) in [6.07, 6.45) is 17.2. The molecule has 4 aliphatic rings. The Morgan fingerprint density at radius 2 is 1.89 bits per heavy atom. The van der Waals surface area contributed by atoms with E-state index in [1.54, 1.807) is 5.57 Å². The topological polar surface area (TPSA) is 20.2 Å². The van der Waals surface area contributed by atoms with Crippen LogP contribution in [-0.4, -0.2) is 11.2 Å². The first kappa shape index (κ1) is 21.0. The Balaban J connectivity index is 1.54. The molecular formula is C27H46O. The summed E-state index contributed by atoms with van der Waals surface area (Å²) < 4.78 is 0. The van der Waals surface area contributed by atoms with Gasteiger partial charge >= 0.3 is 0 Å². The van der Waals surface area contributed by atoms with Gasteiger partial charge in [0.2, 0.25) is 0 Å². The number of hydrogen-bond donors (Lipinski definition) is 1. The lowest BCUT2D eigenvalue weighted by Gasteiger charge is -2.59. The molecule has 0 aromatic carbocycles. The molecule has 4 rings (SSSR count). The van der Waals surface area contributed by atoms with Crippen molar-refractivity contribution >= 4 is 0 Å². The molecule has 28 heavy (non-hydrogen) atoms. The van der Waals surface area contributed by atoms with Gasteiger partial charge < -0.3 is 5.11 Å². The van der Waals surface area contributed by atoms with E-state index in [0.29, 0.717) is 16.7 Å². The number of aliphatic hydroxyl groups is 1. The maximum Gasteiger partial charge on any atom is 0.0585 e. The molecule has 1 nitrogen and oxygen atoms in total. The van der Waals surface area contributed by atoms with Crippen molar-refractivity contribution in [2.24, 2.45) is 46.3 Å². The zero-order valence-corrected chi connectivity index (χ0v) is 19.3. The SMILES string of the molecule is CC(C)CCCC(C)[C@H]1CC[C@H]2[C@@H]3CC=C4CCCC[C@]4(C)[C@H]3[C@@H](O)C[C@]12C. The van der Waals surface area contributed by atoms with Crippen molar-refractivity contribution in [2.45, 2.75) is 111 Å². The summed E-state index contributed by atoms with van der Waals surface area (Å²) in [5, 5.41) is 11.5. The van der Waals surface area contributed by atoms with Crippen LogP contribution < -0.4 is 0 Å². The van der Waals surface area contributed by atoms with Crippen LogP contribution in [-0.2, 0) is 0 Å². The molecule has 0 heterocycles. The molecule has 3 fully saturated rings. The lowest BCUT2D eigenvalue weighted by Crippen LogP contribution is -2.56. The fourth-order valence-electron chi connectivity index (χ4n) is 8.85. The van der Waals surface area contributed by atoms with Crippen LogP contribution >= 0.6 is 0 Å². The van der Waals surface area contributed by atoms with Gasteiger partial charge in [-0.25, -0.2) is 0 Å². The molecule has 3 saturated carbocycles. The maximum atomic E-state index is 11.5. The Morgan fingerprint density at radius 3 is 2.64 bits per heavy atom. The van der Waals surface area contributed by atoms with E-state index in [1.165, 1.54) is 64.2 Å². The summed E-state index contributed by atoms with van der Waals surface area (Å²) in [6, 6.07) is 0. The molecule has 0 aromatic heterocycles. The van der Waals surface area contributed by atoms with Crippen molar-refractivity contribution < 1.29 is 5.11 Å². The Morgan fingerprint density at radius 1 is 1.11 bits per heavy atom. The Hall–Kier alpha value is -0.300. The van der Waals surface area contributed by atoms with Crippen LogP contribution in [0.5, 0.6) is 0 Å². The highest BCUT2D eigenvalue weighted by Gasteiger charge is 2.61. The van der Waals surface area contributed by atoms with Crippen LogP contribution in [0.4, 0.5) is 0 Å². The molecule has 160 valence electrons. The summed E-state index contributed by atoms with van der Waals surface area (Å²) >= 11 is 0. The molecule has 8 atom stereocenters. The highest BCUT2D eigenvalue weighted by molar-refractivity contribution is 5.25. The highest BCUT2D eigenvalue weighted by atomic mass is 16.3. The molecule has 0 aromatic rings. The van der Waals surface area contributed by atoms with E-state index in [0.717, 1.165) is 36.0 Å². The fraction of sp³-hybridized carbons (Fsp3) is 0.926. The summed E-state index contributed by atoms with van der Waals surface area (Å²) in [7, 11) is 0. The van der Waals surface area contributed by atoms with Crippen molar-refractivity contribution in [3.8, 4) is 0 Å². The van der Waals surface area contributed by atoms with Crippen LogP contribution in [0.2, 0.25) is 0 Å². The molecule has 1 unspecified atom stereocenters. The van der Waals surface area contributed by atoms with Crippen molar-refractivity contribution in [1.29, 1.82) is 0 Å². The van der Waals surface area contributed by atoms with Crippen molar-refractivity contribution in [3.63, 3.8) is 0 Å². The molecule has 1 heteroatoms. The largest absolute Gasteiger partial charge is 0.393 e. The third-order valence-electron chi connectivity index (χ3n) is 10.2. The molecule has 0 aliphatic heterocycles. The lowest BCUT2D eigenvalue weighted by atomic mass is 9.46. The number of aliphatic hydroxyl groups excluding tert-OH is 1. The summed E-state index contributed by atoms with van der Waals surface area (Å²) in [5.41, 5.74) is 2.37. The minimum absolute atomic E-state index is 0.0819. The van der Waals surface area contributed by atoms with Gasteiger partial charge in [0.15, 0.2) is 0 Å². The summed E-state index contributed by atoms with van der Waals surface area (Å²) in [5.74, 6) is 4.57. The summed E-state index contributed by atoms with van der Waals surface area (Å²) in [6.45, 7) is 12.3. The Labute approximate surface area is 174 Å². The fourth-order valence-corrected chi connectivity index (χ4v) is 8.85. The minimum atomic E-state index is -0.0819. The van der Waals surface area contributed by atoms with E-state index < -0.39 is 0 Å². The number of rotatable bonds is 5. The second kappa shape index (κ2) is 7.75. The Bertz CT molecular complexity index is 591.